The summed E-state index contributed by atoms with van der Waals surface area (Å²) in [7, 11) is -0.333. The molecule has 1 aromatic heterocycles. The molecular weight excluding hydrogens is 456 g/mol. The van der Waals surface area contributed by atoms with Crippen LogP contribution in [0, 0.1) is 0 Å². The van der Waals surface area contributed by atoms with Crippen LogP contribution in [0.3, 0.4) is 0 Å². The summed E-state index contributed by atoms with van der Waals surface area (Å²) < 4.78 is 34.3. The third kappa shape index (κ3) is 6.38. The van der Waals surface area contributed by atoms with Gasteiger partial charge in [-0.3, -0.25) is 4.79 Å². The van der Waals surface area contributed by atoms with Gasteiger partial charge in [-0.2, -0.15) is 4.31 Å². The number of sulfonamides is 1. The average Bonchev–Trinajstić information content (AvgIpc) is 3.16. The molecule has 186 valence electrons. The molecule has 1 N–H and O–H groups in total. The third-order valence-electron chi connectivity index (χ3n) is 5.48. The Hall–Kier alpha value is -2.85. The van der Waals surface area contributed by atoms with E-state index >= 15 is 0 Å². The zero-order valence-electron chi connectivity index (χ0n) is 20.5. The van der Waals surface area contributed by atoms with E-state index in [9.17, 15) is 18.0 Å². The lowest BCUT2D eigenvalue weighted by Crippen LogP contribution is -2.35. The van der Waals surface area contributed by atoms with Crippen molar-refractivity contribution in [1.82, 2.24) is 13.8 Å². The van der Waals surface area contributed by atoms with Gasteiger partial charge in [0.2, 0.25) is 10.0 Å². The minimum absolute atomic E-state index is 0.120. The Labute approximate surface area is 201 Å². The molecule has 2 heterocycles. The molecule has 0 bridgehead atoms. The van der Waals surface area contributed by atoms with Crippen LogP contribution in [-0.2, 0) is 28.4 Å². The van der Waals surface area contributed by atoms with E-state index in [1.807, 2.05) is 26.8 Å². The zero-order chi connectivity index (χ0) is 25.1. The molecule has 0 spiro atoms. The fraction of sp³-hybridized carbons (Fsp3) is 0.500. The van der Waals surface area contributed by atoms with Crippen molar-refractivity contribution >= 4 is 27.7 Å². The second kappa shape index (κ2) is 10.2. The number of ether oxygens (including phenoxy) is 1. The van der Waals surface area contributed by atoms with Gasteiger partial charge in [-0.05, 0) is 57.4 Å². The fourth-order valence-electron chi connectivity index (χ4n) is 3.78. The molecule has 10 heteroatoms. The van der Waals surface area contributed by atoms with E-state index in [1.165, 1.54) is 26.0 Å². The van der Waals surface area contributed by atoms with Gasteiger partial charge in [0.15, 0.2) is 0 Å². The number of nitrogens with zero attached hydrogens (tertiary/aromatic N) is 3. The van der Waals surface area contributed by atoms with E-state index in [-0.39, 0.29) is 10.6 Å². The van der Waals surface area contributed by atoms with Crippen LogP contribution in [0.1, 0.15) is 56.1 Å². The predicted octanol–water partition coefficient (Wildman–Crippen LogP) is 3.82. The van der Waals surface area contributed by atoms with Crippen molar-refractivity contribution in [3.8, 4) is 0 Å². The van der Waals surface area contributed by atoms with E-state index in [4.69, 9.17) is 4.74 Å². The van der Waals surface area contributed by atoms with E-state index in [1.54, 1.807) is 32.3 Å². The largest absolute Gasteiger partial charge is 0.444 e. The molecule has 0 saturated carbocycles. The first kappa shape index (κ1) is 25.8. The number of benzene rings is 1. The van der Waals surface area contributed by atoms with E-state index < -0.39 is 27.6 Å². The quantitative estimate of drug-likeness (QED) is 0.663. The Balaban J connectivity index is 1.70. The van der Waals surface area contributed by atoms with Crippen molar-refractivity contribution < 1.29 is 22.7 Å². The SMILES string of the molecule is CN(Cc1cccc(NC(=O)c2cc(S(=O)(=O)N3CCCCC3)cn2C)c1)C(=O)OC(C)(C)C. The van der Waals surface area contributed by atoms with Crippen LogP contribution >= 0.6 is 0 Å². The number of carbonyl (C=O) groups is 2. The molecular formula is C24H34N4O5S. The minimum atomic E-state index is -3.63. The Kier molecular flexibility index (Phi) is 7.72. The lowest BCUT2D eigenvalue weighted by atomic mass is 10.2. The molecule has 2 aromatic rings. The molecule has 1 aliphatic heterocycles. The highest BCUT2D eigenvalue weighted by Crippen LogP contribution is 2.23. The average molecular weight is 491 g/mol. The molecule has 0 unspecified atom stereocenters. The van der Waals surface area contributed by atoms with Crippen molar-refractivity contribution in [2.24, 2.45) is 7.05 Å². The van der Waals surface area contributed by atoms with Gasteiger partial charge in [0, 0.05) is 45.6 Å². The van der Waals surface area contributed by atoms with Gasteiger partial charge in [0.1, 0.15) is 16.2 Å². The number of hydrogen-bond donors (Lipinski definition) is 1. The summed E-state index contributed by atoms with van der Waals surface area (Å²) in [4.78, 5) is 26.7. The number of piperidine rings is 1. The highest BCUT2D eigenvalue weighted by Gasteiger charge is 2.28. The van der Waals surface area contributed by atoms with Gasteiger partial charge in [-0.15, -0.1) is 0 Å². The maximum atomic E-state index is 13.0. The number of aryl methyl sites for hydroxylation is 1. The lowest BCUT2D eigenvalue weighted by molar-refractivity contribution is 0.0285. The van der Waals surface area contributed by atoms with E-state index in [0.29, 0.717) is 25.3 Å². The molecule has 1 aromatic carbocycles. The van der Waals surface area contributed by atoms with Gasteiger partial charge in [-0.1, -0.05) is 18.6 Å². The molecule has 34 heavy (non-hydrogen) atoms. The molecule has 0 atom stereocenters. The molecule has 9 nitrogen and oxygen atoms in total. The first-order valence-electron chi connectivity index (χ1n) is 11.4. The minimum Gasteiger partial charge on any atom is -0.444 e. The first-order valence-corrected chi connectivity index (χ1v) is 12.8. The van der Waals surface area contributed by atoms with Crippen LogP contribution in [0.25, 0.3) is 0 Å². The molecule has 1 aliphatic rings. The molecule has 0 radical (unpaired) electrons. The molecule has 1 saturated heterocycles. The van der Waals surface area contributed by atoms with Gasteiger partial charge < -0.3 is 19.5 Å². The van der Waals surface area contributed by atoms with E-state index in [2.05, 4.69) is 5.32 Å². The number of hydrogen-bond acceptors (Lipinski definition) is 5. The summed E-state index contributed by atoms with van der Waals surface area (Å²) in [6, 6.07) is 8.56. The van der Waals surface area contributed by atoms with Gasteiger partial charge >= 0.3 is 6.09 Å². The third-order valence-corrected chi connectivity index (χ3v) is 7.34. The van der Waals surface area contributed by atoms with Gasteiger partial charge in [-0.25, -0.2) is 13.2 Å². The molecule has 1 fully saturated rings. The smallest absolute Gasteiger partial charge is 0.410 e. The lowest BCUT2D eigenvalue weighted by Gasteiger charge is -2.25. The summed E-state index contributed by atoms with van der Waals surface area (Å²) >= 11 is 0. The first-order chi connectivity index (χ1) is 15.9. The van der Waals surface area contributed by atoms with Crippen molar-refractivity contribution in [1.29, 1.82) is 0 Å². The highest BCUT2D eigenvalue weighted by molar-refractivity contribution is 7.89. The topological polar surface area (TPSA) is 101 Å². The van der Waals surface area contributed by atoms with Crippen LogP contribution in [0.4, 0.5) is 10.5 Å². The molecule has 2 amide bonds. The van der Waals surface area contributed by atoms with Crippen molar-refractivity contribution in [2.45, 2.75) is 57.1 Å². The Morgan fingerprint density at radius 2 is 1.79 bits per heavy atom. The van der Waals surface area contributed by atoms with Gasteiger partial charge in [0.25, 0.3) is 5.91 Å². The maximum Gasteiger partial charge on any atom is 0.410 e. The van der Waals surface area contributed by atoms with Crippen LogP contribution in [0.15, 0.2) is 41.4 Å². The van der Waals surface area contributed by atoms with Crippen LogP contribution < -0.4 is 5.32 Å². The van der Waals surface area contributed by atoms with Crippen molar-refractivity contribution in [2.75, 3.05) is 25.5 Å². The van der Waals surface area contributed by atoms with Gasteiger partial charge in [0.05, 0.1) is 0 Å². The van der Waals surface area contributed by atoms with E-state index in [0.717, 1.165) is 24.8 Å². The predicted molar refractivity (Wildman–Crippen MR) is 130 cm³/mol. The second-order valence-electron chi connectivity index (χ2n) is 9.63. The summed E-state index contributed by atoms with van der Waals surface area (Å²) in [6.45, 7) is 6.73. The number of rotatable bonds is 6. The van der Waals surface area contributed by atoms with Crippen molar-refractivity contribution in [3.05, 3.63) is 47.8 Å². The van der Waals surface area contributed by atoms with Crippen LogP contribution in [0.5, 0.6) is 0 Å². The maximum absolute atomic E-state index is 13.0. The summed E-state index contributed by atoms with van der Waals surface area (Å²) in [5.41, 5.74) is 1.01. The number of aromatic nitrogens is 1. The van der Waals surface area contributed by atoms with Crippen LogP contribution in [0.2, 0.25) is 0 Å². The monoisotopic (exact) mass is 490 g/mol. The van der Waals surface area contributed by atoms with Crippen LogP contribution in [-0.4, -0.2) is 59.9 Å². The number of nitrogens with one attached hydrogen (secondary N) is 1. The fourth-order valence-corrected chi connectivity index (χ4v) is 5.37. The standard InChI is InChI=1S/C24H34N4O5S/c1-24(2,3)33-23(30)27(5)16-18-10-9-11-19(14-18)25-22(29)21-15-20(17-26(21)4)34(31,32)28-12-7-6-8-13-28/h9-11,14-15,17H,6-8,12-13,16H2,1-5H3,(H,25,29). The molecule has 0 aliphatic carbocycles. The Morgan fingerprint density at radius 1 is 1.12 bits per heavy atom. The Bertz CT molecular complexity index is 1140. The molecule has 3 rings (SSSR count). The Morgan fingerprint density at radius 3 is 2.44 bits per heavy atom. The number of carbonyl (C=O) groups excluding carboxylic acids is 2. The summed E-state index contributed by atoms with van der Waals surface area (Å²) in [5, 5.41) is 2.82. The second-order valence-corrected chi connectivity index (χ2v) is 11.6. The highest BCUT2D eigenvalue weighted by atomic mass is 32.2. The normalized spacial score (nSPS) is 15.1. The number of amides is 2. The summed E-state index contributed by atoms with van der Waals surface area (Å²) in [6.07, 6.45) is 3.76. The zero-order valence-corrected chi connectivity index (χ0v) is 21.3. The van der Waals surface area contributed by atoms with Crippen molar-refractivity contribution in [3.63, 3.8) is 0 Å². The summed E-state index contributed by atoms with van der Waals surface area (Å²) in [5.74, 6) is -0.416. The number of anilines is 1.